The van der Waals surface area contributed by atoms with Crippen molar-refractivity contribution in [1.29, 1.82) is 0 Å². The summed E-state index contributed by atoms with van der Waals surface area (Å²) in [6, 6.07) is 9.94. The molecule has 1 aliphatic rings. The molecule has 3 rings (SSSR count). The van der Waals surface area contributed by atoms with Crippen LogP contribution in [0.3, 0.4) is 0 Å². The molecule has 0 atom stereocenters. The Hall–Kier alpha value is -1.35. The molecule has 98 valence electrons. The number of benzene rings is 1. The number of fused-ring (bicyclic) bond motifs is 1. The minimum absolute atomic E-state index is 0.626. The number of thioether (sulfide) groups is 1. The number of hydrogen-bond acceptors (Lipinski definition) is 3. The van der Waals surface area contributed by atoms with Gasteiger partial charge < -0.3 is 0 Å². The van der Waals surface area contributed by atoms with Crippen molar-refractivity contribution in [3.8, 4) is 0 Å². The first-order valence-electron chi connectivity index (χ1n) is 6.88. The van der Waals surface area contributed by atoms with Crippen molar-refractivity contribution in [2.75, 3.05) is 0 Å². The first-order valence-corrected chi connectivity index (χ1v) is 7.76. The zero-order chi connectivity index (χ0) is 13.1. The summed E-state index contributed by atoms with van der Waals surface area (Å²) in [6.07, 6.45) is 7.39. The smallest absolute Gasteiger partial charge is 0.152 e. The molecule has 1 heterocycles. The molecule has 2 nitrogen and oxygen atoms in total. The van der Waals surface area contributed by atoms with E-state index in [1.165, 1.54) is 32.1 Å². The summed E-state index contributed by atoms with van der Waals surface area (Å²) in [5.41, 5.74) is 1.71. The minimum Gasteiger partial charge on any atom is -0.298 e. The predicted octanol–water partition coefficient (Wildman–Crippen LogP) is 4.47. The van der Waals surface area contributed by atoms with E-state index in [0.29, 0.717) is 5.25 Å². The van der Waals surface area contributed by atoms with E-state index in [-0.39, 0.29) is 0 Å². The Morgan fingerprint density at radius 1 is 1.16 bits per heavy atom. The average Bonchev–Trinajstić information content (AvgIpc) is 2.47. The topological polar surface area (TPSA) is 30.0 Å². The number of carbonyl (C=O) groups is 1. The van der Waals surface area contributed by atoms with Crippen LogP contribution in [0.1, 0.15) is 42.5 Å². The summed E-state index contributed by atoms with van der Waals surface area (Å²) in [7, 11) is 0. The van der Waals surface area contributed by atoms with E-state index in [1.54, 1.807) is 11.8 Å². The molecule has 0 saturated heterocycles. The first kappa shape index (κ1) is 12.7. The number of aromatic nitrogens is 1. The fourth-order valence-corrected chi connectivity index (χ4v) is 3.91. The van der Waals surface area contributed by atoms with Crippen LogP contribution in [0, 0.1) is 0 Å². The number of nitrogens with zero attached hydrogens (tertiary/aromatic N) is 1. The van der Waals surface area contributed by atoms with E-state index in [9.17, 15) is 4.79 Å². The lowest BCUT2D eigenvalue weighted by molar-refractivity contribution is 0.112. The summed E-state index contributed by atoms with van der Waals surface area (Å²) >= 11 is 1.79. The van der Waals surface area contributed by atoms with Gasteiger partial charge in [0.2, 0.25) is 0 Å². The van der Waals surface area contributed by atoms with Gasteiger partial charge in [0.15, 0.2) is 6.29 Å². The first-order chi connectivity index (χ1) is 9.36. The molecule has 0 bridgehead atoms. The lowest BCUT2D eigenvalue weighted by Gasteiger charge is -2.21. The molecule has 3 heteroatoms. The second-order valence-electron chi connectivity index (χ2n) is 5.07. The molecule has 0 aliphatic heterocycles. The molecule has 0 N–H and O–H groups in total. The van der Waals surface area contributed by atoms with Gasteiger partial charge in [-0.1, -0.05) is 37.5 Å². The van der Waals surface area contributed by atoms with Gasteiger partial charge in [-0.2, -0.15) is 0 Å². The Balaban J connectivity index is 1.94. The standard InChI is InChI=1S/C16H17NOS/c18-11-13-10-12-6-4-5-9-15(12)17-16(13)19-14-7-2-1-3-8-14/h4-6,9-11,14H,1-3,7-8H2. The van der Waals surface area contributed by atoms with Crippen LogP contribution in [0.4, 0.5) is 0 Å². The molecule has 0 amide bonds. The number of para-hydroxylation sites is 1. The van der Waals surface area contributed by atoms with E-state index in [2.05, 4.69) is 4.98 Å². The SMILES string of the molecule is O=Cc1cc2ccccc2nc1SC1CCCCC1. The highest BCUT2D eigenvalue weighted by Gasteiger charge is 2.17. The van der Waals surface area contributed by atoms with Crippen LogP contribution in [-0.2, 0) is 0 Å². The number of hydrogen-bond donors (Lipinski definition) is 0. The molecule has 1 aromatic carbocycles. The van der Waals surface area contributed by atoms with Gasteiger partial charge in [-0.15, -0.1) is 11.8 Å². The van der Waals surface area contributed by atoms with Crippen LogP contribution in [0.15, 0.2) is 35.4 Å². The molecule has 0 unspecified atom stereocenters. The third kappa shape index (κ3) is 2.81. The monoisotopic (exact) mass is 271 g/mol. The fraction of sp³-hybridized carbons (Fsp3) is 0.375. The van der Waals surface area contributed by atoms with Crippen LogP contribution < -0.4 is 0 Å². The summed E-state index contributed by atoms with van der Waals surface area (Å²) in [5.74, 6) is 0. The van der Waals surface area contributed by atoms with Crippen LogP contribution in [0.5, 0.6) is 0 Å². The molecule has 0 spiro atoms. The summed E-state index contributed by atoms with van der Waals surface area (Å²) in [6.45, 7) is 0. The van der Waals surface area contributed by atoms with Crippen molar-refractivity contribution in [3.05, 3.63) is 35.9 Å². The molecule has 19 heavy (non-hydrogen) atoms. The van der Waals surface area contributed by atoms with E-state index < -0.39 is 0 Å². The van der Waals surface area contributed by atoms with Crippen molar-refractivity contribution in [1.82, 2.24) is 4.98 Å². The van der Waals surface area contributed by atoms with Gasteiger partial charge in [0.05, 0.1) is 5.52 Å². The van der Waals surface area contributed by atoms with E-state index in [0.717, 1.165) is 27.8 Å². The van der Waals surface area contributed by atoms with Gasteiger partial charge in [-0.3, -0.25) is 4.79 Å². The summed E-state index contributed by atoms with van der Waals surface area (Å²) < 4.78 is 0. The second-order valence-corrected chi connectivity index (χ2v) is 6.36. The van der Waals surface area contributed by atoms with Crippen molar-refractivity contribution >= 4 is 29.0 Å². The van der Waals surface area contributed by atoms with Crippen molar-refractivity contribution in [2.24, 2.45) is 0 Å². The Kier molecular flexibility index (Phi) is 3.83. The van der Waals surface area contributed by atoms with Gasteiger partial charge in [0.25, 0.3) is 0 Å². The van der Waals surface area contributed by atoms with Crippen molar-refractivity contribution in [2.45, 2.75) is 42.4 Å². The highest BCUT2D eigenvalue weighted by molar-refractivity contribution is 7.99. The van der Waals surface area contributed by atoms with Crippen LogP contribution in [-0.4, -0.2) is 16.5 Å². The normalized spacial score (nSPS) is 16.6. The zero-order valence-electron chi connectivity index (χ0n) is 10.8. The van der Waals surface area contributed by atoms with E-state index >= 15 is 0 Å². The van der Waals surface area contributed by atoms with Crippen molar-refractivity contribution < 1.29 is 4.79 Å². The summed E-state index contributed by atoms with van der Waals surface area (Å²) in [5, 5.41) is 2.57. The Bertz CT molecular complexity index is 590. The molecular formula is C16H17NOS. The fourth-order valence-electron chi connectivity index (χ4n) is 2.63. The Morgan fingerprint density at radius 2 is 1.95 bits per heavy atom. The molecule has 2 aromatic rings. The molecular weight excluding hydrogens is 254 g/mol. The number of carbonyl (C=O) groups excluding carboxylic acids is 1. The quantitative estimate of drug-likeness (QED) is 0.771. The number of aldehydes is 1. The molecule has 0 radical (unpaired) electrons. The maximum Gasteiger partial charge on any atom is 0.152 e. The maximum atomic E-state index is 11.3. The Morgan fingerprint density at radius 3 is 2.74 bits per heavy atom. The third-order valence-electron chi connectivity index (χ3n) is 3.67. The lowest BCUT2D eigenvalue weighted by atomic mass is 10.0. The zero-order valence-corrected chi connectivity index (χ0v) is 11.7. The number of pyridine rings is 1. The van der Waals surface area contributed by atoms with E-state index in [4.69, 9.17) is 0 Å². The van der Waals surface area contributed by atoms with Gasteiger partial charge in [-0.25, -0.2) is 4.98 Å². The van der Waals surface area contributed by atoms with Crippen molar-refractivity contribution in [3.63, 3.8) is 0 Å². The summed E-state index contributed by atoms with van der Waals surface area (Å²) in [4.78, 5) is 15.9. The average molecular weight is 271 g/mol. The number of rotatable bonds is 3. The minimum atomic E-state index is 0.626. The molecule has 1 aliphatic carbocycles. The largest absolute Gasteiger partial charge is 0.298 e. The maximum absolute atomic E-state index is 11.3. The molecule has 1 saturated carbocycles. The van der Waals surface area contributed by atoms with Crippen LogP contribution in [0.2, 0.25) is 0 Å². The van der Waals surface area contributed by atoms with E-state index in [1.807, 2.05) is 30.3 Å². The molecule has 1 fully saturated rings. The van der Waals surface area contributed by atoms with Gasteiger partial charge in [0.1, 0.15) is 5.03 Å². The van der Waals surface area contributed by atoms with Gasteiger partial charge >= 0.3 is 0 Å². The lowest BCUT2D eigenvalue weighted by Crippen LogP contribution is -2.09. The van der Waals surface area contributed by atoms with Crippen LogP contribution in [0.25, 0.3) is 10.9 Å². The highest BCUT2D eigenvalue weighted by atomic mass is 32.2. The third-order valence-corrected chi connectivity index (χ3v) is 5.03. The van der Waals surface area contributed by atoms with Gasteiger partial charge in [0, 0.05) is 16.2 Å². The van der Waals surface area contributed by atoms with Gasteiger partial charge in [-0.05, 0) is 25.0 Å². The second kappa shape index (κ2) is 5.74. The van der Waals surface area contributed by atoms with Crippen LogP contribution >= 0.6 is 11.8 Å². The predicted molar refractivity (Wildman–Crippen MR) is 79.9 cm³/mol. The molecule has 1 aromatic heterocycles. The highest BCUT2D eigenvalue weighted by Crippen LogP contribution is 2.34. The Labute approximate surface area is 117 Å².